The highest BCUT2D eigenvalue weighted by Gasteiger charge is 2.31. The first-order valence-corrected chi connectivity index (χ1v) is 5.20. The van der Waals surface area contributed by atoms with Gasteiger partial charge in [0.15, 0.2) is 5.78 Å². The summed E-state index contributed by atoms with van der Waals surface area (Å²) < 4.78 is 17.1. The molecule has 0 aliphatic heterocycles. The molecule has 84 valence electrons. The Bertz CT molecular complexity index is 178. The standard InChI is InChI=1S/C11H21FO2/c1-5-6-9(2)10(13)11(3,4)14-8-7-12/h9H,5-8H2,1-4H3. The minimum Gasteiger partial charge on any atom is -0.365 e. The number of hydrogen-bond acceptors (Lipinski definition) is 2. The Balaban J connectivity index is 4.18. The normalized spacial score (nSPS) is 14.1. The van der Waals surface area contributed by atoms with Crippen LogP contribution in [-0.4, -0.2) is 24.7 Å². The molecule has 0 aromatic carbocycles. The van der Waals surface area contributed by atoms with E-state index >= 15 is 0 Å². The van der Waals surface area contributed by atoms with Crippen LogP contribution in [0.4, 0.5) is 4.39 Å². The van der Waals surface area contributed by atoms with Crippen LogP contribution in [0.25, 0.3) is 0 Å². The molecule has 0 rings (SSSR count). The number of ether oxygens (including phenoxy) is 1. The predicted octanol–water partition coefficient (Wildman–Crippen LogP) is 2.76. The minimum atomic E-state index is -0.847. The molecule has 1 unspecified atom stereocenters. The van der Waals surface area contributed by atoms with Crippen LogP contribution in [-0.2, 0) is 9.53 Å². The summed E-state index contributed by atoms with van der Waals surface area (Å²) in [5, 5.41) is 0. The SMILES string of the molecule is CCCC(C)C(=O)C(C)(C)OCCF. The van der Waals surface area contributed by atoms with Gasteiger partial charge in [0, 0.05) is 5.92 Å². The highest BCUT2D eigenvalue weighted by Crippen LogP contribution is 2.19. The van der Waals surface area contributed by atoms with Crippen molar-refractivity contribution < 1.29 is 13.9 Å². The van der Waals surface area contributed by atoms with Crippen LogP contribution < -0.4 is 0 Å². The fourth-order valence-corrected chi connectivity index (χ4v) is 1.52. The van der Waals surface area contributed by atoms with Gasteiger partial charge in [0.25, 0.3) is 0 Å². The summed E-state index contributed by atoms with van der Waals surface area (Å²) in [6, 6.07) is 0. The quantitative estimate of drug-likeness (QED) is 0.637. The molecule has 0 aliphatic carbocycles. The molecule has 0 N–H and O–H groups in total. The zero-order chi connectivity index (χ0) is 11.2. The Morgan fingerprint density at radius 1 is 1.50 bits per heavy atom. The second-order valence-corrected chi connectivity index (χ2v) is 4.10. The smallest absolute Gasteiger partial charge is 0.166 e. The van der Waals surface area contributed by atoms with Gasteiger partial charge in [0.2, 0.25) is 0 Å². The molecule has 2 nitrogen and oxygen atoms in total. The summed E-state index contributed by atoms with van der Waals surface area (Å²) in [5.74, 6) is 0.0578. The molecule has 0 aromatic rings. The van der Waals surface area contributed by atoms with Crippen molar-refractivity contribution in [3.63, 3.8) is 0 Å². The van der Waals surface area contributed by atoms with Crippen molar-refractivity contribution in [3.8, 4) is 0 Å². The summed E-state index contributed by atoms with van der Waals surface area (Å²) in [7, 11) is 0. The third-order valence-corrected chi connectivity index (χ3v) is 2.30. The molecule has 0 saturated heterocycles. The Kier molecular flexibility index (Phi) is 5.93. The van der Waals surface area contributed by atoms with Gasteiger partial charge in [0.1, 0.15) is 12.3 Å². The number of ketones is 1. The number of carbonyl (C=O) groups is 1. The molecule has 0 fully saturated rings. The third kappa shape index (κ3) is 4.18. The number of hydrogen-bond donors (Lipinski definition) is 0. The van der Waals surface area contributed by atoms with Crippen LogP contribution in [0.15, 0.2) is 0 Å². The van der Waals surface area contributed by atoms with E-state index in [1.807, 2.05) is 13.8 Å². The number of carbonyl (C=O) groups excluding carboxylic acids is 1. The Hall–Kier alpha value is -0.440. The Morgan fingerprint density at radius 3 is 2.50 bits per heavy atom. The van der Waals surface area contributed by atoms with Gasteiger partial charge in [-0.2, -0.15) is 0 Å². The van der Waals surface area contributed by atoms with Crippen molar-refractivity contribution in [2.75, 3.05) is 13.3 Å². The molecule has 3 heteroatoms. The van der Waals surface area contributed by atoms with E-state index in [1.54, 1.807) is 13.8 Å². The maximum atomic E-state index is 11.9. The summed E-state index contributed by atoms with van der Waals surface area (Å²) >= 11 is 0. The Morgan fingerprint density at radius 2 is 2.07 bits per heavy atom. The molecule has 0 heterocycles. The molecule has 0 spiro atoms. The van der Waals surface area contributed by atoms with E-state index in [9.17, 15) is 9.18 Å². The van der Waals surface area contributed by atoms with Crippen LogP contribution in [0.2, 0.25) is 0 Å². The fraction of sp³-hybridized carbons (Fsp3) is 0.909. The van der Waals surface area contributed by atoms with E-state index in [-0.39, 0.29) is 18.3 Å². The van der Waals surface area contributed by atoms with Crippen molar-refractivity contribution in [1.29, 1.82) is 0 Å². The Labute approximate surface area is 85.8 Å². The fourth-order valence-electron chi connectivity index (χ4n) is 1.52. The van der Waals surface area contributed by atoms with Gasteiger partial charge in [-0.25, -0.2) is 4.39 Å². The van der Waals surface area contributed by atoms with Crippen LogP contribution in [0.5, 0.6) is 0 Å². The second kappa shape index (κ2) is 6.12. The van der Waals surface area contributed by atoms with Crippen molar-refractivity contribution in [2.45, 2.75) is 46.1 Å². The first-order chi connectivity index (χ1) is 6.45. The third-order valence-electron chi connectivity index (χ3n) is 2.30. The van der Waals surface area contributed by atoms with Crippen LogP contribution in [0.1, 0.15) is 40.5 Å². The molecule has 0 aliphatic rings. The van der Waals surface area contributed by atoms with Crippen molar-refractivity contribution >= 4 is 5.78 Å². The van der Waals surface area contributed by atoms with Gasteiger partial charge in [-0.05, 0) is 20.3 Å². The van der Waals surface area contributed by atoms with E-state index in [4.69, 9.17) is 4.74 Å². The zero-order valence-electron chi connectivity index (χ0n) is 9.60. The van der Waals surface area contributed by atoms with Crippen molar-refractivity contribution in [2.24, 2.45) is 5.92 Å². The molecule has 0 radical (unpaired) electrons. The molecule has 0 bridgehead atoms. The molecule has 14 heavy (non-hydrogen) atoms. The number of rotatable bonds is 7. The van der Waals surface area contributed by atoms with Gasteiger partial charge in [-0.15, -0.1) is 0 Å². The lowest BCUT2D eigenvalue weighted by Gasteiger charge is -2.26. The number of halogens is 1. The van der Waals surface area contributed by atoms with E-state index in [1.165, 1.54) is 0 Å². The van der Waals surface area contributed by atoms with Crippen LogP contribution >= 0.6 is 0 Å². The van der Waals surface area contributed by atoms with Crippen molar-refractivity contribution in [1.82, 2.24) is 0 Å². The van der Waals surface area contributed by atoms with E-state index in [0.29, 0.717) is 0 Å². The maximum Gasteiger partial charge on any atom is 0.166 e. The van der Waals surface area contributed by atoms with Crippen LogP contribution in [0, 0.1) is 5.92 Å². The van der Waals surface area contributed by atoms with Gasteiger partial charge in [-0.1, -0.05) is 20.3 Å². The first-order valence-electron chi connectivity index (χ1n) is 5.20. The molecule has 1 atom stereocenters. The lowest BCUT2D eigenvalue weighted by molar-refractivity contribution is -0.144. The summed E-state index contributed by atoms with van der Waals surface area (Å²) in [4.78, 5) is 11.8. The molecule has 0 aromatic heterocycles. The summed E-state index contributed by atoms with van der Waals surface area (Å²) in [6.45, 7) is 6.80. The lowest BCUT2D eigenvalue weighted by atomic mass is 9.90. The zero-order valence-corrected chi connectivity index (χ0v) is 9.60. The van der Waals surface area contributed by atoms with Crippen LogP contribution in [0.3, 0.4) is 0 Å². The molecular weight excluding hydrogens is 183 g/mol. The lowest BCUT2D eigenvalue weighted by Crippen LogP contribution is -2.39. The maximum absolute atomic E-state index is 11.9. The highest BCUT2D eigenvalue weighted by molar-refractivity contribution is 5.88. The van der Waals surface area contributed by atoms with E-state index in [2.05, 4.69) is 0 Å². The largest absolute Gasteiger partial charge is 0.365 e. The molecule has 0 amide bonds. The van der Waals surface area contributed by atoms with Gasteiger partial charge in [0.05, 0.1) is 6.61 Å². The van der Waals surface area contributed by atoms with E-state index in [0.717, 1.165) is 12.8 Å². The number of Topliss-reactive ketones (excluding diaryl/α,β-unsaturated/α-hetero) is 1. The minimum absolute atomic E-state index is 0.00240. The van der Waals surface area contributed by atoms with Gasteiger partial charge >= 0.3 is 0 Å². The van der Waals surface area contributed by atoms with E-state index < -0.39 is 12.3 Å². The topological polar surface area (TPSA) is 26.3 Å². The highest BCUT2D eigenvalue weighted by atomic mass is 19.1. The van der Waals surface area contributed by atoms with Gasteiger partial charge < -0.3 is 4.74 Å². The monoisotopic (exact) mass is 204 g/mol. The molecular formula is C11H21FO2. The average Bonchev–Trinajstić information content (AvgIpc) is 2.14. The second-order valence-electron chi connectivity index (χ2n) is 4.10. The number of alkyl halides is 1. The molecule has 0 saturated carbocycles. The van der Waals surface area contributed by atoms with Crippen molar-refractivity contribution in [3.05, 3.63) is 0 Å². The predicted molar refractivity (Wildman–Crippen MR) is 55.1 cm³/mol. The van der Waals surface area contributed by atoms with Gasteiger partial charge in [-0.3, -0.25) is 4.79 Å². The summed E-state index contributed by atoms with van der Waals surface area (Å²) in [6.07, 6.45) is 1.84. The summed E-state index contributed by atoms with van der Waals surface area (Å²) in [5.41, 5.74) is -0.847. The first kappa shape index (κ1) is 13.6. The average molecular weight is 204 g/mol.